The largest absolute Gasteiger partial charge is 0.497 e. The summed E-state index contributed by atoms with van der Waals surface area (Å²) < 4.78 is 39.0. The predicted octanol–water partition coefficient (Wildman–Crippen LogP) is 5.03. The van der Waals surface area contributed by atoms with E-state index in [1.54, 1.807) is 30.3 Å². The Kier molecular flexibility index (Phi) is 6.96. The molecule has 0 aliphatic carbocycles. The molecule has 0 aliphatic heterocycles. The number of hydrogen-bond donors (Lipinski definition) is 2. The third-order valence-electron chi connectivity index (χ3n) is 4.99. The molecule has 0 saturated carbocycles. The Morgan fingerprint density at radius 1 is 0.938 bits per heavy atom. The van der Waals surface area contributed by atoms with Crippen LogP contribution in [0.2, 0.25) is 5.02 Å². The van der Waals surface area contributed by atoms with Crippen LogP contribution in [0.1, 0.15) is 21.5 Å². The minimum Gasteiger partial charge on any atom is -0.497 e. The van der Waals surface area contributed by atoms with Gasteiger partial charge in [-0.1, -0.05) is 23.7 Å². The van der Waals surface area contributed by atoms with Crippen molar-refractivity contribution in [2.75, 3.05) is 24.3 Å². The van der Waals surface area contributed by atoms with Crippen LogP contribution >= 0.6 is 11.6 Å². The zero-order valence-electron chi connectivity index (χ0n) is 18.0. The molecule has 0 spiro atoms. The second-order valence-electron chi connectivity index (χ2n) is 7.02. The number of methoxy groups -OCH3 is 2. The number of aryl methyl sites for hydroxylation is 1. The molecule has 7 nitrogen and oxygen atoms in total. The summed E-state index contributed by atoms with van der Waals surface area (Å²) in [6.45, 7) is 3.71. The van der Waals surface area contributed by atoms with Crippen LogP contribution in [0.4, 0.5) is 11.4 Å². The van der Waals surface area contributed by atoms with Gasteiger partial charge in [0.25, 0.3) is 15.9 Å². The number of ether oxygens (including phenoxy) is 2. The lowest BCUT2D eigenvalue weighted by Crippen LogP contribution is -2.17. The first kappa shape index (κ1) is 23.4. The molecule has 168 valence electrons. The maximum Gasteiger partial charge on any atom is 0.263 e. The molecule has 0 radical (unpaired) electrons. The Morgan fingerprint density at radius 3 is 2.38 bits per heavy atom. The van der Waals surface area contributed by atoms with Crippen LogP contribution in [-0.4, -0.2) is 28.5 Å². The van der Waals surface area contributed by atoms with Gasteiger partial charge < -0.3 is 14.8 Å². The molecule has 0 saturated heterocycles. The van der Waals surface area contributed by atoms with Crippen LogP contribution in [0.5, 0.6) is 11.5 Å². The molecule has 0 heterocycles. The van der Waals surface area contributed by atoms with Gasteiger partial charge in [0.2, 0.25) is 0 Å². The van der Waals surface area contributed by atoms with E-state index in [1.807, 2.05) is 19.9 Å². The number of rotatable bonds is 7. The molecule has 32 heavy (non-hydrogen) atoms. The van der Waals surface area contributed by atoms with Gasteiger partial charge >= 0.3 is 0 Å². The van der Waals surface area contributed by atoms with Crippen molar-refractivity contribution in [1.29, 1.82) is 0 Å². The maximum atomic E-state index is 13.0. The highest BCUT2D eigenvalue weighted by molar-refractivity contribution is 7.92. The molecule has 0 aromatic heterocycles. The number of amides is 1. The summed E-state index contributed by atoms with van der Waals surface area (Å²) in [7, 11) is -1.05. The smallest absolute Gasteiger partial charge is 0.263 e. The quantitative estimate of drug-likeness (QED) is 0.501. The van der Waals surface area contributed by atoms with E-state index >= 15 is 0 Å². The van der Waals surface area contributed by atoms with Crippen LogP contribution in [0.15, 0.2) is 59.5 Å². The Morgan fingerprint density at radius 2 is 1.69 bits per heavy atom. The van der Waals surface area contributed by atoms with Gasteiger partial charge in [-0.25, -0.2) is 8.42 Å². The highest BCUT2D eigenvalue weighted by atomic mass is 35.5. The fourth-order valence-corrected chi connectivity index (χ4v) is 4.66. The van der Waals surface area contributed by atoms with E-state index in [0.717, 1.165) is 11.1 Å². The lowest BCUT2D eigenvalue weighted by molar-refractivity contribution is 0.102. The van der Waals surface area contributed by atoms with E-state index in [0.29, 0.717) is 22.9 Å². The average molecular weight is 475 g/mol. The molecule has 3 rings (SSSR count). The molecule has 1 amide bonds. The molecule has 2 N–H and O–H groups in total. The number of hydrogen-bond acceptors (Lipinski definition) is 5. The molecular formula is C23H23ClN2O5S. The molecule has 3 aromatic carbocycles. The zero-order valence-corrected chi connectivity index (χ0v) is 19.6. The van der Waals surface area contributed by atoms with E-state index in [9.17, 15) is 13.2 Å². The summed E-state index contributed by atoms with van der Waals surface area (Å²) in [6, 6.07) is 14.3. The SMILES string of the molecule is COc1ccc(NC(=O)c2ccc(Cl)c(S(=O)(=O)Nc3cccc(C)c3C)c2)c(OC)c1. The molecule has 9 heteroatoms. The summed E-state index contributed by atoms with van der Waals surface area (Å²) in [4.78, 5) is 12.6. The van der Waals surface area contributed by atoms with Crippen molar-refractivity contribution in [3.63, 3.8) is 0 Å². The molecule has 3 aromatic rings. The molecule has 0 fully saturated rings. The molecule has 0 atom stereocenters. The first-order valence-corrected chi connectivity index (χ1v) is 11.4. The van der Waals surface area contributed by atoms with Crippen molar-refractivity contribution in [3.8, 4) is 11.5 Å². The van der Waals surface area contributed by atoms with E-state index < -0.39 is 15.9 Å². The van der Waals surface area contributed by atoms with E-state index in [2.05, 4.69) is 10.0 Å². The Labute approximate surface area is 192 Å². The van der Waals surface area contributed by atoms with Crippen molar-refractivity contribution >= 4 is 38.9 Å². The number of benzene rings is 3. The predicted molar refractivity (Wildman–Crippen MR) is 126 cm³/mol. The topological polar surface area (TPSA) is 93.7 Å². The fraction of sp³-hybridized carbons (Fsp3) is 0.174. The Bertz CT molecular complexity index is 1280. The van der Waals surface area contributed by atoms with E-state index in [4.69, 9.17) is 21.1 Å². The lowest BCUT2D eigenvalue weighted by atomic mass is 10.1. The van der Waals surface area contributed by atoms with Gasteiger partial charge in [-0.05, 0) is 61.4 Å². The fourth-order valence-electron chi connectivity index (χ4n) is 3.01. The highest BCUT2D eigenvalue weighted by Gasteiger charge is 2.22. The van der Waals surface area contributed by atoms with Crippen molar-refractivity contribution in [3.05, 3.63) is 76.3 Å². The van der Waals surface area contributed by atoms with Crippen molar-refractivity contribution in [2.24, 2.45) is 0 Å². The third-order valence-corrected chi connectivity index (χ3v) is 6.84. The number of halogens is 1. The Balaban J connectivity index is 1.91. The molecule has 0 unspecified atom stereocenters. The van der Waals surface area contributed by atoms with Gasteiger partial charge in [-0.15, -0.1) is 0 Å². The Hall–Kier alpha value is -3.23. The van der Waals surface area contributed by atoms with Gasteiger partial charge in [0.05, 0.1) is 30.6 Å². The molecule has 0 aliphatic rings. The minimum atomic E-state index is -4.04. The number of carbonyl (C=O) groups excluding carboxylic acids is 1. The number of carbonyl (C=O) groups is 1. The van der Waals surface area contributed by atoms with Crippen LogP contribution in [0.3, 0.4) is 0 Å². The second-order valence-corrected chi connectivity index (χ2v) is 9.08. The first-order valence-electron chi connectivity index (χ1n) is 9.58. The summed E-state index contributed by atoms with van der Waals surface area (Å²) in [5, 5.41) is 2.72. The molecule has 0 bridgehead atoms. The minimum absolute atomic E-state index is 0.00128. The van der Waals surface area contributed by atoms with Gasteiger partial charge in [-0.2, -0.15) is 0 Å². The summed E-state index contributed by atoms with van der Waals surface area (Å²) in [5.74, 6) is 0.446. The van der Waals surface area contributed by atoms with E-state index in [-0.39, 0.29) is 15.5 Å². The summed E-state index contributed by atoms with van der Waals surface area (Å²) in [6.07, 6.45) is 0. The summed E-state index contributed by atoms with van der Waals surface area (Å²) >= 11 is 6.18. The number of sulfonamides is 1. The van der Waals surface area contributed by atoms with Crippen molar-refractivity contribution < 1.29 is 22.7 Å². The number of nitrogens with one attached hydrogen (secondary N) is 2. The zero-order chi connectivity index (χ0) is 23.5. The van der Waals surface area contributed by atoms with E-state index in [1.165, 1.54) is 32.4 Å². The highest BCUT2D eigenvalue weighted by Crippen LogP contribution is 2.31. The van der Waals surface area contributed by atoms with Gasteiger partial charge in [0, 0.05) is 11.6 Å². The van der Waals surface area contributed by atoms with Crippen LogP contribution in [-0.2, 0) is 10.0 Å². The maximum absolute atomic E-state index is 13.0. The number of anilines is 2. The third kappa shape index (κ3) is 4.98. The van der Waals surface area contributed by atoms with Gasteiger partial charge in [0.15, 0.2) is 0 Å². The monoisotopic (exact) mass is 474 g/mol. The van der Waals surface area contributed by atoms with Crippen molar-refractivity contribution in [1.82, 2.24) is 0 Å². The second kappa shape index (κ2) is 9.50. The normalized spacial score (nSPS) is 11.0. The average Bonchev–Trinajstić information content (AvgIpc) is 2.77. The standard InChI is InChI=1S/C23H23ClN2O5S/c1-14-6-5-7-19(15(14)2)26-32(28,29)22-12-16(8-10-18(22)24)23(27)25-20-11-9-17(30-3)13-21(20)31-4/h5-13,26H,1-4H3,(H,25,27). The molecular weight excluding hydrogens is 452 g/mol. The van der Waals surface area contributed by atoms with Gasteiger partial charge in [0.1, 0.15) is 16.4 Å². The van der Waals surface area contributed by atoms with Gasteiger partial charge in [-0.3, -0.25) is 9.52 Å². The van der Waals surface area contributed by atoms with Crippen molar-refractivity contribution in [2.45, 2.75) is 18.7 Å². The van der Waals surface area contributed by atoms with Crippen LogP contribution < -0.4 is 19.5 Å². The van der Waals surface area contributed by atoms with Crippen LogP contribution in [0.25, 0.3) is 0 Å². The lowest BCUT2D eigenvalue weighted by Gasteiger charge is -2.14. The van der Waals surface area contributed by atoms with Crippen LogP contribution in [0, 0.1) is 13.8 Å². The summed E-state index contributed by atoms with van der Waals surface area (Å²) in [5.41, 5.74) is 2.71. The first-order chi connectivity index (χ1) is 15.2.